The van der Waals surface area contributed by atoms with Crippen LogP contribution < -0.4 is 16.4 Å². The largest absolute Gasteiger partial charge is 0.369 e. The molecule has 1 spiro atoms. The summed E-state index contributed by atoms with van der Waals surface area (Å²) in [5.74, 6) is 0.719. The molecule has 2 aliphatic rings. The number of nitrogens with two attached hydrogens (primary N) is 2. The van der Waals surface area contributed by atoms with Gasteiger partial charge in [0.25, 0.3) is 0 Å². The third-order valence-corrected chi connectivity index (χ3v) is 5.49. The van der Waals surface area contributed by atoms with E-state index in [9.17, 15) is 0 Å². The third-order valence-electron chi connectivity index (χ3n) is 5.49. The van der Waals surface area contributed by atoms with E-state index in [-0.39, 0.29) is 5.96 Å². The van der Waals surface area contributed by atoms with E-state index in [1.807, 2.05) is 0 Å². The number of guanidine groups is 2. The number of nitrogens with zero attached hydrogens (tertiary/aromatic N) is 4. The molecule has 0 amide bonds. The number of aryl methyl sites for hydroxylation is 2. The van der Waals surface area contributed by atoms with Gasteiger partial charge < -0.3 is 16.0 Å². The average Bonchev–Trinajstić information content (AvgIpc) is 2.94. The molecule has 1 aliphatic carbocycles. The predicted octanol–water partition coefficient (Wildman–Crippen LogP) is 3.20. The van der Waals surface area contributed by atoms with Crippen LogP contribution in [0.25, 0.3) is 5.69 Å². The Kier molecular flexibility index (Phi) is 3.98. The van der Waals surface area contributed by atoms with Crippen LogP contribution in [0.4, 0.5) is 5.69 Å². The molecule has 0 atom stereocenters. The van der Waals surface area contributed by atoms with Gasteiger partial charge in [-0.2, -0.15) is 4.99 Å². The highest BCUT2D eigenvalue weighted by Crippen LogP contribution is 2.39. The van der Waals surface area contributed by atoms with Crippen LogP contribution in [0.5, 0.6) is 0 Å². The molecule has 0 bridgehead atoms. The van der Waals surface area contributed by atoms with Gasteiger partial charge in [0.2, 0.25) is 11.9 Å². The summed E-state index contributed by atoms with van der Waals surface area (Å²) in [5.41, 5.74) is 16.4. The fraction of sp³-hybridized carbons (Fsp3) is 0.400. The van der Waals surface area contributed by atoms with Crippen molar-refractivity contribution in [3.63, 3.8) is 0 Å². The molecule has 136 valence electrons. The molecule has 26 heavy (non-hydrogen) atoms. The first-order valence-corrected chi connectivity index (χ1v) is 9.25. The van der Waals surface area contributed by atoms with Crippen LogP contribution in [0.2, 0.25) is 0 Å². The van der Waals surface area contributed by atoms with Gasteiger partial charge in [-0.1, -0.05) is 6.42 Å². The molecule has 1 aromatic heterocycles. The van der Waals surface area contributed by atoms with Gasteiger partial charge in [-0.3, -0.25) is 4.90 Å². The minimum Gasteiger partial charge on any atom is -0.369 e. The van der Waals surface area contributed by atoms with E-state index in [4.69, 9.17) is 16.5 Å². The summed E-state index contributed by atoms with van der Waals surface area (Å²) in [6.45, 7) is 4.23. The van der Waals surface area contributed by atoms with E-state index in [0.717, 1.165) is 37.1 Å². The molecule has 4 rings (SSSR count). The van der Waals surface area contributed by atoms with E-state index < -0.39 is 5.66 Å². The minimum atomic E-state index is -0.394. The Labute approximate surface area is 154 Å². The van der Waals surface area contributed by atoms with E-state index in [0.29, 0.717) is 5.96 Å². The maximum Gasteiger partial charge on any atom is 0.220 e. The van der Waals surface area contributed by atoms with Crippen LogP contribution in [0, 0.1) is 13.8 Å². The van der Waals surface area contributed by atoms with Crippen molar-refractivity contribution >= 4 is 17.6 Å². The van der Waals surface area contributed by atoms with E-state index in [1.54, 1.807) is 0 Å². The van der Waals surface area contributed by atoms with Gasteiger partial charge in [0.15, 0.2) is 0 Å². The van der Waals surface area contributed by atoms with E-state index in [2.05, 4.69) is 64.7 Å². The fourth-order valence-electron chi connectivity index (χ4n) is 4.32. The molecule has 0 radical (unpaired) electrons. The first-order chi connectivity index (χ1) is 12.5. The molecule has 2 aromatic rings. The van der Waals surface area contributed by atoms with Crippen molar-refractivity contribution in [1.82, 2.24) is 4.57 Å². The number of benzene rings is 1. The van der Waals surface area contributed by atoms with Crippen LogP contribution in [-0.4, -0.2) is 22.1 Å². The summed E-state index contributed by atoms with van der Waals surface area (Å²) in [7, 11) is 0. The van der Waals surface area contributed by atoms with Gasteiger partial charge >= 0.3 is 0 Å². The Hall–Kier alpha value is -2.76. The van der Waals surface area contributed by atoms with Gasteiger partial charge in [-0.05, 0) is 75.9 Å². The van der Waals surface area contributed by atoms with Gasteiger partial charge in [0.1, 0.15) is 5.66 Å². The lowest BCUT2D eigenvalue weighted by atomic mass is 9.87. The summed E-state index contributed by atoms with van der Waals surface area (Å²) in [4.78, 5) is 11.0. The highest BCUT2D eigenvalue weighted by atomic mass is 15.4. The zero-order chi connectivity index (χ0) is 18.3. The second kappa shape index (κ2) is 6.20. The van der Waals surface area contributed by atoms with Crippen molar-refractivity contribution in [2.75, 3.05) is 4.90 Å². The summed E-state index contributed by atoms with van der Waals surface area (Å²) in [5, 5.41) is 0. The van der Waals surface area contributed by atoms with E-state index in [1.165, 1.54) is 17.8 Å². The minimum absolute atomic E-state index is 0.288. The Balaban J connectivity index is 1.73. The molecule has 1 aliphatic heterocycles. The third kappa shape index (κ3) is 2.66. The Bertz CT molecular complexity index is 849. The van der Waals surface area contributed by atoms with Crippen molar-refractivity contribution in [2.45, 2.75) is 51.6 Å². The number of anilines is 1. The lowest BCUT2D eigenvalue weighted by molar-refractivity contribution is 0.305. The normalized spacial score (nSPS) is 19.4. The molecule has 0 unspecified atom stereocenters. The second-order valence-corrected chi connectivity index (χ2v) is 7.29. The SMILES string of the molecule is Cc1ccc(C)n1-c1ccc(N2C(N)=NC(N)=NC23CCCCC3)cc1. The quantitative estimate of drug-likeness (QED) is 0.872. The number of aromatic nitrogens is 1. The Morgan fingerprint density at radius 3 is 2.04 bits per heavy atom. The molecule has 2 heterocycles. The monoisotopic (exact) mass is 350 g/mol. The molecule has 6 nitrogen and oxygen atoms in total. The van der Waals surface area contributed by atoms with Crippen LogP contribution in [0.1, 0.15) is 43.5 Å². The topological polar surface area (TPSA) is 84.9 Å². The van der Waals surface area contributed by atoms with Gasteiger partial charge in [0.05, 0.1) is 0 Å². The van der Waals surface area contributed by atoms with Gasteiger partial charge in [0, 0.05) is 22.8 Å². The zero-order valence-electron chi connectivity index (χ0n) is 15.4. The average molecular weight is 350 g/mol. The van der Waals surface area contributed by atoms with Crippen molar-refractivity contribution in [2.24, 2.45) is 21.5 Å². The highest BCUT2D eigenvalue weighted by Gasteiger charge is 2.42. The van der Waals surface area contributed by atoms with Crippen molar-refractivity contribution in [3.05, 3.63) is 47.8 Å². The first kappa shape index (κ1) is 16.7. The maximum absolute atomic E-state index is 6.30. The summed E-state index contributed by atoms with van der Waals surface area (Å²) in [6.07, 6.45) is 5.37. The molecule has 6 heteroatoms. The van der Waals surface area contributed by atoms with Crippen LogP contribution >= 0.6 is 0 Å². The molecule has 1 fully saturated rings. The number of rotatable bonds is 2. The molecular weight excluding hydrogens is 324 g/mol. The number of aliphatic imine (C=N–C) groups is 2. The van der Waals surface area contributed by atoms with Crippen LogP contribution in [-0.2, 0) is 0 Å². The highest BCUT2D eigenvalue weighted by molar-refractivity contribution is 6.05. The van der Waals surface area contributed by atoms with Crippen molar-refractivity contribution < 1.29 is 0 Å². The number of hydrogen-bond donors (Lipinski definition) is 2. The Morgan fingerprint density at radius 1 is 0.846 bits per heavy atom. The van der Waals surface area contributed by atoms with Crippen LogP contribution in [0.3, 0.4) is 0 Å². The molecular formula is C20H26N6. The maximum atomic E-state index is 6.30. The lowest BCUT2D eigenvalue weighted by Gasteiger charge is -2.45. The van der Waals surface area contributed by atoms with Gasteiger partial charge in [-0.25, -0.2) is 4.99 Å². The smallest absolute Gasteiger partial charge is 0.220 e. The Morgan fingerprint density at radius 2 is 1.42 bits per heavy atom. The summed E-state index contributed by atoms with van der Waals surface area (Å²) >= 11 is 0. The zero-order valence-corrected chi connectivity index (χ0v) is 15.4. The lowest BCUT2D eigenvalue weighted by Crippen LogP contribution is -2.58. The van der Waals surface area contributed by atoms with E-state index >= 15 is 0 Å². The summed E-state index contributed by atoms with van der Waals surface area (Å²) < 4.78 is 2.24. The second-order valence-electron chi connectivity index (χ2n) is 7.29. The first-order valence-electron chi connectivity index (χ1n) is 9.25. The predicted molar refractivity (Wildman–Crippen MR) is 107 cm³/mol. The van der Waals surface area contributed by atoms with Crippen molar-refractivity contribution in [3.8, 4) is 5.69 Å². The van der Waals surface area contributed by atoms with Gasteiger partial charge in [-0.15, -0.1) is 0 Å². The molecule has 4 N–H and O–H groups in total. The van der Waals surface area contributed by atoms with Crippen LogP contribution in [0.15, 0.2) is 46.4 Å². The molecule has 1 saturated carbocycles. The standard InChI is InChI=1S/C20H26N6/c1-14-6-7-15(2)25(14)16-8-10-17(11-9-16)26-19(22)23-18(21)24-20(26)12-4-3-5-13-20/h6-11H,3-5,12-13H2,1-2H3,(H4,21,22,23,24). The molecule has 1 aromatic carbocycles. The summed E-state index contributed by atoms with van der Waals surface area (Å²) in [6, 6.07) is 12.7. The van der Waals surface area contributed by atoms with Crippen molar-refractivity contribution in [1.29, 1.82) is 0 Å². The fourth-order valence-corrected chi connectivity index (χ4v) is 4.32. The molecule has 0 saturated heterocycles. The number of hydrogen-bond acceptors (Lipinski definition) is 5.